The molecule has 2 aliphatic rings. The zero-order valence-corrected chi connectivity index (χ0v) is 18.5. The van der Waals surface area contributed by atoms with Gasteiger partial charge >= 0.3 is 0 Å². The first kappa shape index (κ1) is 20.5. The monoisotopic (exact) mass is 458 g/mol. The van der Waals surface area contributed by atoms with Crippen LogP contribution in [0.25, 0.3) is 17.2 Å². The Labute approximate surface area is 195 Å². The molecule has 7 heteroatoms. The number of ether oxygens (including phenoxy) is 1. The van der Waals surface area contributed by atoms with Gasteiger partial charge in [-0.05, 0) is 40.5 Å². The molecular weight excluding hydrogens is 440 g/mol. The number of benzene rings is 3. The summed E-state index contributed by atoms with van der Waals surface area (Å²) in [5.74, 6) is 0.320. The minimum atomic E-state index is -0.210. The van der Waals surface area contributed by atoms with Crippen LogP contribution in [-0.2, 0) is 16.1 Å². The van der Waals surface area contributed by atoms with E-state index in [1.54, 1.807) is 11.0 Å². The zero-order chi connectivity index (χ0) is 22.1. The summed E-state index contributed by atoms with van der Waals surface area (Å²) < 4.78 is 6.11. The minimum Gasteiger partial charge on any atom is -0.482 e. The second kappa shape index (κ2) is 8.61. The molecule has 2 amide bonds. The van der Waals surface area contributed by atoms with Crippen LogP contribution in [0.3, 0.4) is 0 Å². The van der Waals surface area contributed by atoms with Crippen molar-refractivity contribution >= 4 is 51.9 Å². The van der Waals surface area contributed by atoms with Crippen LogP contribution in [0.4, 0.5) is 5.69 Å². The number of carbonyl (C=O) groups excluding carboxylic acids is 2. The molecule has 0 radical (unpaired) electrons. The number of nitrogens with one attached hydrogen (secondary N) is 1. The number of thiocarbonyl (C=S) groups is 1. The third-order valence-electron chi connectivity index (χ3n) is 5.30. The van der Waals surface area contributed by atoms with E-state index in [2.05, 4.69) is 23.5 Å². The number of rotatable bonds is 4. The molecule has 1 saturated heterocycles. The van der Waals surface area contributed by atoms with Crippen LogP contribution in [0, 0.1) is 0 Å². The Morgan fingerprint density at radius 2 is 1.81 bits per heavy atom. The van der Waals surface area contributed by atoms with E-state index in [4.69, 9.17) is 17.0 Å². The van der Waals surface area contributed by atoms with Gasteiger partial charge in [-0.15, -0.1) is 0 Å². The molecule has 32 heavy (non-hydrogen) atoms. The highest BCUT2D eigenvalue weighted by Gasteiger charge is 2.27. The quantitative estimate of drug-likeness (QED) is 0.451. The molecule has 5 nitrogen and oxygen atoms in total. The van der Waals surface area contributed by atoms with Crippen LogP contribution in [0.2, 0.25) is 0 Å². The molecule has 2 aliphatic heterocycles. The second-order valence-electron chi connectivity index (χ2n) is 7.37. The van der Waals surface area contributed by atoms with Gasteiger partial charge in [0.2, 0.25) is 0 Å². The Hall–Kier alpha value is -3.42. The summed E-state index contributed by atoms with van der Waals surface area (Å²) in [6, 6.07) is 23.8. The third-order valence-corrected chi connectivity index (χ3v) is 6.46. The molecule has 0 unspecified atom stereocenters. The lowest BCUT2D eigenvalue weighted by Crippen LogP contribution is -2.38. The zero-order valence-electron chi connectivity index (χ0n) is 16.9. The maximum atomic E-state index is 12.9. The number of anilines is 1. The van der Waals surface area contributed by atoms with Crippen molar-refractivity contribution < 1.29 is 14.3 Å². The molecule has 0 aromatic heterocycles. The summed E-state index contributed by atoms with van der Waals surface area (Å²) in [7, 11) is 0. The first-order chi connectivity index (χ1) is 15.6. The molecule has 2 heterocycles. The van der Waals surface area contributed by atoms with Gasteiger partial charge in [0.25, 0.3) is 11.8 Å². The van der Waals surface area contributed by atoms with Crippen LogP contribution >= 0.6 is 24.0 Å². The maximum Gasteiger partial charge on any atom is 0.265 e. The number of amides is 2. The largest absolute Gasteiger partial charge is 0.482 e. The lowest BCUT2D eigenvalue weighted by molar-refractivity contribution is -0.121. The first-order valence-corrected chi connectivity index (χ1v) is 11.3. The molecule has 3 aromatic rings. The van der Waals surface area contributed by atoms with Gasteiger partial charge < -0.3 is 15.0 Å². The fourth-order valence-electron chi connectivity index (χ4n) is 3.78. The van der Waals surface area contributed by atoms with Crippen LogP contribution in [-0.4, -0.2) is 22.7 Å². The standard InChI is InChI=1S/C25H18N2O3S2/c28-23-15-30-21-11-10-16(13-22-24(29)26-25(31)32-22)12-20(21)27(23)14-18-8-4-5-9-19(18)17-6-2-1-3-7-17/h1-13H,14-15H2,(H,26,29,31)/b22-13+. The third kappa shape index (κ3) is 4.04. The molecule has 0 bridgehead atoms. The van der Waals surface area contributed by atoms with Gasteiger partial charge in [0.05, 0.1) is 17.1 Å². The molecule has 0 atom stereocenters. The Kier molecular flexibility index (Phi) is 5.51. The fourth-order valence-corrected chi connectivity index (χ4v) is 4.83. The topological polar surface area (TPSA) is 58.6 Å². The van der Waals surface area contributed by atoms with Crippen molar-refractivity contribution in [2.24, 2.45) is 0 Å². The summed E-state index contributed by atoms with van der Waals surface area (Å²) in [4.78, 5) is 27.2. The summed E-state index contributed by atoms with van der Waals surface area (Å²) in [6.07, 6.45) is 1.77. The lowest BCUT2D eigenvalue weighted by Gasteiger charge is -2.30. The average molecular weight is 459 g/mol. The van der Waals surface area contributed by atoms with Gasteiger partial charge in [0.1, 0.15) is 10.1 Å². The SMILES string of the molecule is O=C1NC(=S)S/C1=C/c1ccc2c(c1)N(Cc1ccccc1-c1ccccc1)C(=O)CO2. The van der Waals surface area contributed by atoms with Crippen molar-refractivity contribution in [3.05, 3.63) is 88.8 Å². The Morgan fingerprint density at radius 1 is 1.03 bits per heavy atom. The number of carbonyl (C=O) groups is 2. The molecular formula is C25H18N2O3S2. The average Bonchev–Trinajstić information content (AvgIpc) is 3.13. The molecule has 0 spiro atoms. The second-order valence-corrected chi connectivity index (χ2v) is 9.09. The number of fused-ring (bicyclic) bond motifs is 1. The van der Waals surface area contributed by atoms with Crippen molar-refractivity contribution in [1.29, 1.82) is 0 Å². The highest BCUT2D eigenvalue weighted by Crippen LogP contribution is 2.36. The van der Waals surface area contributed by atoms with E-state index in [1.807, 2.05) is 54.6 Å². The van der Waals surface area contributed by atoms with Gasteiger partial charge in [-0.25, -0.2) is 0 Å². The van der Waals surface area contributed by atoms with E-state index in [-0.39, 0.29) is 18.4 Å². The molecule has 3 aromatic carbocycles. The summed E-state index contributed by atoms with van der Waals surface area (Å²) >= 11 is 6.29. The molecule has 0 aliphatic carbocycles. The van der Waals surface area contributed by atoms with E-state index >= 15 is 0 Å². The number of hydrogen-bond acceptors (Lipinski definition) is 5. The van der Waals surface area contributed by atoms with E-state index in [1.165, 1.54) is 11.8 Å². The van der Waals surface area contributed by atoms with Crippen LogP contribution in [0.1, 0.15) is 11.1 Å². The molecule has 1 N–H and O–H groups in total. The van der Waals surface area contributed by atoms with Gasteiger partial charge in [0, 0.05) is 0 Å². The summed E-state index contributed by atoms with van der Waals surface area (Å²) in [5, 5.41) is 2.62. The first-order valence-electron chi connectivity index (χ1n) is 10.0. The molecule has 0 saturated carbocycles. The van der Waals surface area contributed by atoms with Crippen molar-refractivity contribution in [3.63, 3.8) is 0 Å². The Morgan fingerprint density at radius 3 is 2.59 bits per heavy atom. The number of hydrogen-bond donors (Lipinski definition) is 1. The van der Waals surface area contributed by atoms with E-state index in [9.17, 15) is 9.59 Å². The van der Waals surface area contributed by atoms with Crippen molar-refractivity contribution in [1.82, 2.24) is 5.32 Å². The molecule has 158 valence electrons. The van der Waals surface area contributed by atoms with Gasteiger partial charge in [0.15, 0.2) is 6.61 Å². The van der Waals surface area contributed by atoms with Crippen molar-refractivity contribution in [2.75, 3.05) is 11.5 Å². The normalized spacial score (nSPS) is 16.7. The van der Waals surface area contributed by atoms with Gasteiger partial charge in [-0.3, -0.25) is 9.59 Å². The summed E-state index contributed by atoms with van der Waals surface area (Å²) in [6.45, 7) is 0.410. The van der Waals surface area contributed by atoms with Crippen molar-refractivity contribution in [2.45, 2.75) is 6.54 Å². The fraction of sp³-hybridized carbons (Fsp3) is 0.0800. The highest BCUT2D eigenvalue weighted by atomic mass is 32.2. The van der Waals surface area contributed by atoms with Crippen LogP contribution in [0.15, 0.2) is 77.7 Å². The van der Waals surface area contributed by atoms with E-state index in [0.29, 0.717) is 27.2 Å². The Bertz CT molecular complexity index is 1270. The predicted octanol–water partition coefficient (Wildman–Crippen LogP) is 4.77. The highest BCUT2D eigenvalue weighted by molar-refractivity contribution is 8.26. The minimum absolute atomic E-state index is 0.00648. The van der Waals surface area contributed by atoms with E-state index in [0.717, 1.165) is 22.3 Å². The van der Waals surface area contributed by atoms with E-state index < -0.39 is 0 Å². The van der Waals surface area contributed by atoms with Crippen LogP contribution < -0.4 is 15.0 Å². The molecule has 1 fully saturated rings. The predicted molar refractivity (Wildman–Crippen MR) is 131 cm³/mol. The Balaban J connectivity index is 1.51. The smallest absolute Gasteiger partial charge is 0.265 e. The van der Waals surface area contributed by atoms with Crippen molar-refractivity contribution in [3.8, 4) is 16.9 Å². The van der Waals surface area contributed by atoms with Gasteiger partial charge in [-0.2, -0.15) is 0 Å². The number of nitrogens with zero attached hydrogens (tertiary/aromatic N) is 1. The maximum absolute atomic E-state index is 12.9. The molecule has 5 rings (SSSR count). The lowest BCUT2D eigenvalue weighted by atomic mass is 9.99. The van der Waals surface area contributed by atoms with Gasteiger partial charge in [-0.1, -0.05) is 84.6 Å². The summed E-state index contributed by atoms with van der Waals surface area (Å²) in [5.41, 5.74) is 4.71. The van der Waals surface area contributed by atoms with Crippen LogP contribution in [0.5, 0.6) is 5.75 Å². The number of thioether (sulfide) groups is 1.